The van der Waals surface area contributed by atoms with E-state index >= 15 is 0 Å². The quantitative estimate of drug-likeness (QED) is 0.180. The molecule has 0 rings (SSSR count). The van der Waals surface area contributed by atoms with Crippen LogP contribution in [0.4, 0.5) is 0 Å². The molecule has 0 radical (unpaired) electrons. The minimum absolute atomic E-state index is 0.0778. The fourth-order valence-electron chi connectivity index (χ4n) is 2.63. The molecule has 0 unspecified atom stereocenters. The van der Waals surface area contributed by atoms with Gasteiger partial charge < -0.3 is 9.47 Å². The van der Waals surface area contributed by atoms with Crippen molar-refractivity contribution in [2.75, 3.05) is 20.0 Å². The molecule has 24 heavy (non-hydrogen) atoms. The summed E-state index contributed by atoms with van der Waals surface area (Å²) in [5.74, 6) is -0.0778. The Morgan fingerprint density at radius 1 is 0.792 bits per heavy atom. The summed E-state index contributed by atoms with van der Waals surface area (Å²) in [6.07, 6.45) is 19.0. The van der Waals surface area contributed by atoms with E-state index in [-0.39, 0.29) is 5.97 Å². The third kappa shape index (κ3) is 18.1. The Labute approximate surface area is 158 Å². The van der Waals surface area contributed by atoms with Gasteiger partial charge in [0.05, 0.1) is 13.7 Å². The Kier molecular flexibility index (Phi) is 18.8. The molecule has 0 saturated carbocycles. The Morgan fingerprint density at radius 3 is 1.62 bits per heavy atom. The zero-order valence-electron chi connectivity index (χ0n) is 15.6. The molecule has 0 amide bonds. The van der Waals surface area contributed by atoms with Crippen molar-refractivity contribution in [2.45, 2.75) is 89.9 Å². The fraction of sp³-hybridized carbons (Fsp3) is 0.895. The Hall–Kier alpha value is -0.290. The van der Waals surface area contributed by atoms with Gasteiger partial charge in [0.1, 0.15) is 0 Å². The zero-order chi connectivity index (χ0) is 17.9. The minimum atomic E-state index is -0.0778. The van der Waals surface area contributed by atoms with Gasteiger partial charge in [-0.25, -0.2) is 0 Å². The summed E-state index contributed by atoms with van der Waals surface area (Å²) >= 11 is 6.50. The summed E-state index contributed by atoms with van der Waals surface area (Å²) < 4.78 is 10.7. The van der Waals surface area contributed by atoms with Gasteiger partial charge >= 0.3 is 5.97 Å². The molecule has 0 aliphatic rings. The maximum Gasteiger partial charge on any atom is 0.305 e. The van der Waals surface area contributed by atoms with Crippen LogP contribution in [0.1, 0.15) is 89.9 Å². The molecular weight excluding hydrogens is 340 g/mol. The van der Waals surface area contributed by atoms with Crippen LogP contribution in [0.3, 0.4) is 0 Å². The van der Waals surface area contributed by atoms with Gasteiger partial charge in [0.25, 0.3) is 0 Å². The Morgan fingerprint density at radius 2 is 1.21 bits per heavy atom. The molecule has 0 spiro atoms. The van der Waals surface area contributed by atoms with E-state index in [1.165, 1.54) is 83.1 Å². The molecule has 0 saturated heterocycles. The first kappa shape index (κ1) is 23.7. The van der Waals surface area contributed by atoms with Gasteiger partial charge in [-0.2, -0.15) is 0 Å². The smallest absolute Gasteiger partial charge is 0.305 e. The van der Waals surface area contributed by atoms with Gasteiger partial charge in [-0.3, -0.25) is 4.79 Å². The van der Waals surface area contributed by atoms with Crippen LogP contribution < -0.4 is 0 Å². The van der Waals surface area contributed by atoms with Crippen LogP contribution in [-0.2, 0) is 14.3 Å². The molecule has 0 aliphatic heterocycles. The summed E-state index contributed by atoms with van der Waals surface area (Å²) in [6, 6.07) is 0. The maximum atomic E-state index is 11.0. The second-order valence-corrected chi connectivity index (χ2v) is 7.63. The van der Waals surface area contributed by atoms with E-state index in [1.54, 1.807) is 0 Å². The van der Waals surface area contributed by atoms with E-state index in [0.717, 1.165) is 25.9 Å². The lowest BCUT2D eigenvalue weighted by molar-refractivity contribution is -0.140. The van der Waals surface area contributed by atoms with Crippen molar-refractivity contribution in [2.24, 2.45) is 0 Å². The van der Waals surface area contributed by atoms with Crippen LogP contribution in [-0.4, -0.2) is 30.3 Å². The van der Waals surface area contributed by atoms with Crippen molar-refractivity contribution in [3.05, 3.63) is 0 Å². The maximum absolute atomic E-state index is 11.0. The molecule has 0 aromatic carbocycles. The standard InChI is InChI=1S/C19H36O3S2/c1-21-18(20)16-14-12-10-8-6-4-3-5-7-9-11-13-15-17-22-19(23)24-2/h3-17H2,1-2H3. The number of thiocarbonyl (C=S) groups is 1. The lowest BCUT2D eigenvalue weighted by Crippen LogP contribution is -1.99. The van der Waals surface area contributed by atoms with E-state index in [1.807, 2.05) is 6.26 Å². The predicted molar refractivity (Wildman–Crippen MR) is 109 cm³/mol. The predicted octanol–water partition coefficient (Wildman–Crippen LogP) is 6.29. The largest absolute Gasteiger partial charge is 0.479 e. The molecule has 0 fully saturated rings. The van der Waals surface area contributed by atoms with Gasteiger partial charge in [0.15, 0.2) is 0 Å². The summed E-state index contributed by atoms with van der Waals surface area (Å²) in [5.41, 5.74) is 0. The topological polar surface area (TPSA) is 35.5 Å². The summed E-state index contributed by atoms with van der Waals surface area (Å²) in [6.45, 7) is 0.777. The molecule has 0 aromatic heterocycles. The van der Waals surface area contributed by atoms with Gasteiger partial charge in [-0.15, -0.1) is 0 Å². The monoisotopic (exact) mass is 376 g/mol. The number of carbonyl (C=O) groups excluding carboxylic acids is 1. The number of hydrogen-bond acceptors (Lipinski definition) is 5. The summed E-state index contributed by atoms with van der Waals surface area (Å²) in [5, 5.41) is 0. The van der Waals surface area contributed by atoms with Crippen LogP contribution in [0, 0.1) is 0 Å². The number of methoxy groups -OCH3 is 1. The van der Waals surface area contributed by atoms with Gasteiger partial charge in [0, 0.05) is 6.42 Å². The highest BCUT2D eigenvalue weighted by Gasteiger charge is 1.99. The average Bonchev–Trinajstić information content (AvgIpc) is 2.60. The van der Waals surface area contributed by atoms with Crippen LogP contribution in [0.15, 0.2) is 0 Å². The first-order valence-electron chi connectivity index (χ1n) is 9.48. The number of thioether (sulfide) groups is 1. The van der Waals surface area contributed by atoms with Crippen molar-refractivity contribution < 1.29 is 14.3 Å². The number of unbranched alkanes of at least 4 members (excludes halogenated alkanes) is 12. The Balaban J connectivity index is 3.05. The first-order valence-corrected chi connectivity index (χ1v) is 11.1. The third-order valence-corrected chi connectivity index (χ3v) is 5.21. The number of esters is 1. The van der Waals surface area contributed by atoms with Crippen LogP contribution in [0.5, 0.6) is 0 Å². The van der Waals surface area contributed by atoms with E-state index in [9.17, 15) is 4.79 Å². The molecule has 0 aliphatic carbocycles. The SMILES string of the molecule is COC(=O)CCCCCCCCCCCCCCCOC(=S)SC. The molecular formula is C19H36O3S2. The van der Waals surface area contributed by atoms with Crippen LogP contribution in [0.2, 0.25) is 0 Å². The number of carbonyl (C=O) groups is 1. The molecule has 142 valence electrons. The fourth-order valence-corrected chi connectivity index (χ4v) is 2.92. The van der Waals surface area contributed by atoms with Crippen molar-refractivity contribution in [1.82, 2.24) is 0 Å². The third-order valence-electron chi connectivity index (χ3n) is 4.14. The molecule has 0 bridgehead atoms. The average molecular weight is 377 g/mol. The zero-order valence-corrected chi connectivity index (χ0v) is 17.3. The van der Waals surface area contributed by atoms with Crippen molar-refractivity contribution in [1.29, 1.82) is 0 Å². The van der Waals surface area contributed by atoms with E-state index in [4.69, 9.17) is 17.0 Å². The minimum Gasteiger partial charge on any atom is -0.479 e. The number of rotatable bonds is 16. The van der Waals surface area contributed by atoms with Crippen molar-refractivity contribution >= 4 is 34.3 Å². The highest BCUT2D eigenvalue weighted by Crippen LogP contribution is 2.13. The van der Waals surface area contributed by atoms with Gasteiger partial charge in [-0.1, -0.05) is 82.4 Å². The highest BCUT2D eigenvalue weighted by atomic mass is 32.2. The summed E-state index contributed by atoms with van der Waals surface area (Å²) in [4.78, 5) is 11.0. The van der Waals surface area contributed by atoms with E-state index < -0.39 is 0 Å². The van der Waals surface area contributed by atoms with E-state index in [2.05, 4.69) is 4.74 Å². The van der Waals surface area contributed by atoms with E-state index in [0.29, 0.717) is 10.8 Å². The molecule has 3 nitrogen and oxygen atoms in total. The molecule has 0 atom stereocenters. The summed E-state index contributed by atoms with van der Waals surface area (Å²) in [7, 11) is 1.46. The highest BCUT2D eigenvalue weighted by molar-refractivity contribution is 8.22. The number of hydrogen-bond donors (Lipinski definition) is 0. The second-order valence-electron chi connectivity index (χ2n) is 6.22. The molecule has 0 aromatic rings. The molecule has 0 N–H and O–H groups in total. The second kappa shape index (κ2) is 19.0. The molecule has 5 heteroatoms. The Bertz CT molecular complexity index is 279. The van der Waals surface area contributed by atoms with Gasteiger partial charge in [-0.05, 0) is 31.3 Å². The van der Waals surface area contributed by atoms with Crippen molar-refractivity contribution in [3.63, 3.8) is 0 Å². The lowest BCUT2D eigenvalue weighted by Gasteiger charge is -2.05. The van der Waals surface area contributed by atoms with Crippen LogP contribution >= 0.6 is 24.0 Å². The first-order chi connectivity index (χ1) is 11.7. The normalized spacial score (nSPS) is 10.6. The molecule has 0 heterocycles. The van der Waals surface area contributed by atoms with Crippen LogP contribution in [0.25, 0.3) is 0 Å². The van der Waals surface area contributed by atoms with Gasteiger partial charge in [0.2, 0.25) is 4.38 Å². The number of ether oxygens (including phenoxy) is 2. The lowest BCUT2D eigenvalue weighted by atomic mass is 10.0. The van der Waals surface area contributed by atoms with Crippen molar-refractivity contribution in [3.8, 4) is 0 Å².